The SMILES string of the molecule is NC(c1nc(-c2ccccc2)cc(=O)[nH]1)C1CC1. The molecule has 1 saturated carbocycles. The van der Waals surface area contributed by atoms with Gasteiger partial charge in [-0.3, -0.25) is 4.79 Å². The van der Waals surface area contributed by atoms with E-state index in [1.807, 2.05) is 30.3 Å². The highest BCUT2D eigenvalue weighted by Crippen LogP contribution is 2.38. The molecule has 0 radical (unpaired) electrons. The summed E-state index contributed by atoms with van der Waals surface area (Å²) in [5.74, 6) is 1.07. The van der Waals surface area contributed by atoms with E-state index in [-0.39, 0.29) is 11.6 Å². The third kappa shape index (κ3) is 2.19. The van der Waals surface area contributed by atoms with Gasteiger partial charge in [0, 0.05) is 11.6 Å². The lowest BCUT2D eigenvalue weighted by molar-refractivity contribution is 0.591. The lowest BCUT2D eigenvalue weighted by atomic mass is 10.1. The molecule has 1 atom stereocenters. The Bertz CT molecular complexity index is 602. The Kier molecular flexibility index (Phi) is 2.72. The van der Waals surface area contributed by atoms with Crippen LogP contribution in [0, 0.1) is 5.92 Å². The summed E-state index contributed by atoms with van der Waals surface area (Å²) in [4.78, 5) is 18.9. The fourth-order valence-electron chi connectivity index (χ4n) is 2.07. The summed E-state index contributed by atoms with van der Waals surface area (Å²) in [5, 5.41) is 0. The monoisotopic (exact) mass is 241 g/mol. The normalized spacial score (nSPS) is 16.5. The predicted octanol–water partition coefficient (Wildman–Crippen LogP) is 1.85. The van der Waals surface area contributed by atoms with E-state index in [1.165, 1.54) is 6.07 Å². The van der Waals surface area contributed by atoms with Crippen LogP contribution in [0.5, 0.6) is 0 Å². The number of aromatic nitrogens is 2. The first-order valence-electron chi connectivity index (χ1n) is 6.16. The molecule has 18 heavy (non-hydrogen) atoms. The molecule has 1 aliphatic rings. The van der Waals surface area contributed by atoms with Gasteiger partial charge in [-0.15, -0.1) is 0 Å². The molecule has 1 fully saturated rings. The predicted molar refractivity (Wildman–Crippen MR) is 69.9 cm³/mol. The number of H-pyrrole nitrogens is 1. The number of nitrogens with one attached hydrogen (secondary N) is 1. The third-order valence-electron chi connectivity index (χ3n) is 3.28. The molecule has 1 heterocycles. The average molecular weight is 241 g/mol. The van der Waals surface area contributed by atoms with Crippen molar-refractivity contribution >= 4 is 0 Å². The molecule has 92 valence electrons. The Morgan fingerprint density at radius 1 is 1.28 bits per heavy atom. The summed E-state index contributed by atoms with van der Waals surface area (Å²) in [6, 6.07) is 11.0. The van der Waals surface area contributed by atoms with Crippen molar-refractivity contribution in [3.63, 3.8) is 0 Å². The van der Waals surface area contributed by atoms with Crippen LogP contribution in [0.2, 0.25) is 0 Å². The molecule has 3 rings (SSSR count). The van der Waals surface area contributed by atoms with Gasteiger partial charge in [-0.1, -0.05) is 30.3 Å². The Morgan fingerprint density at radius 3 is 2.67 bits per heavy atom. The van der Waals surface area contributed by atoms with Gasteiger partial charge in [0.2, 0.25) is 0 Å². The molecule has 0 bridgehead atoms. The van der Waals surface area contributed by atoms with Crippen LogP contribution in [0.1, 0.15) is 24.7 Å². The van der Waals surface area contributed by atoms with Gasteiger partial charge in [-0.2, -0.15) is 0 Å². The van der Waals surface area contributed by atoms with Gasteiger partial charge in [-0.25, -0.2) is 4.98 Å². The van der Waals surface area contributed by atoms with Crippen molar-refractivity contribution in [2.75, 3.05) is 0 Å². The van der Waals surface area contributed by atoms with E-state index in [2.05, 4.69) is 9.97 Å². The second kappa shape index (κ2) is 4.38. The molecule has 4 heteroatoms. The summed E-state index contributed by atoms with van der Waals surface area (Å²) >= 11 is 0. The van der Waals surface area contributed by atoms with E-state index in [0.717, 1.165) is 18.4 Å². The van der Waals surface area contributed by atoms with E-state index < -0.39 is 0 Å². The molecule has 3 N–H and O–H groups in total. The van der Waals surface area contributed by atoms with Crippen LogP contribution in [0.25, 0.3) is 11.3 Å². The summed E-state index contributed by atoms with van der Waals surface area (Å²) in [5.41, 5.74) is 7.56. The fourth-order valence-corrected chi connectivity index (χ4v) is 2.07. The highest BCUT2D eigenvalue weighted by Gasteiger charge is 2.31. The molecule has 0 saturated heterocycles. The second-order valence-electron chi connectivity index (χ2n) is 4.75. The van der Waals surface area contributed by atoms with Crippen LogP contribution >= 0.6 is 0 Å². The fraction of sp³-hybridized carbons (Fsp3) is 0.286. The van der Waals surface area contributed by atoms with Gasteiger partial charge in [0.15, 0.2) is 0 Å². The number of nitrogens with two attached hydrogens (primary N) is 1. The molecule has 0 aliphatic heterocycles. The van der Waals surface area contributed by atoms with Gasteiger partial charge in [0.25, 0.3) is 5.56 Å². The van der Waals surface area contributed by atoms with Crippen molar-refractivity contribution in [3.8, 4) is 11.3 Å². The minimum atomic E-state index is -0.152. The average Bonchev–Trinajstić information content (AvgIpc) is 3.22. The van der Waals surface area contributed by atoms with E-state index in [0.29, 0.717) is 17.4 Å². The number of aromatic amines is 1. The Labute approximate surface area is 105 Å². The molecular weight excluding hydrogens is 226 g/mol. The molecule has 0 spiro atoms. The van der Waals surface area contributed by atoms with Gasteiger partial charge in [0.05, 0.1) is 11.7 Å². The maximum atomic E-state index is 11.7. The van der Waals surface area contributed by atoms with Gasteiger partial charge in [-0.05, 0) is 18.8 Å². The smallest absolute Gasteiger partial charge is 0.251 e. The first kappa shape index (κ1) is 11.2. The van der Waals surface area contributed by atoms with E-state index in [1.54, 1.807) is 0 Å². The topological polar surface area (TPSA) is 71.8 Å². The minimum absolute atomic E-state index is 0.144. The molecule has 2 aromatic rings. The number of benzene rings is 1. The van der Waals surface area contributed by atoms with Gasteiger partial charge < -0.3 is 10.7 Å². The van der Waals surface area contributed by atoms with Crippen molar-refractivity contribution in [2.24, 2.45) is 11.7 Å². The summed E-state index contributed by atoms with van der Waals surface area (Å²) < 4.78 is 0. The minimum Gasteiger partial charge on any atom is -0.321 e. The summed E-state index contributed by atoms with van der Waals surface area (Å²) in [6.45, 7) is 0. The lowest BCUT2D eigenvalue weighted by Crippen LogP contribution is -2.21. The highest BCUT2D eigenvalue weighted by atomic mass is 16.1. The van der Waals surface area contributed by atoms with Crippen LogP contribution < -0.4 is 11.3 Å². The quantitative estimate of drug-likeness (QED) is 0.861. The zero-order chi connectivity index (χ0) is 12.5. The first-order chi connectivity index (χ1) is 8.74. The molecule has 1 aromatic heterocycles. The number of hydrogen-bond acceptors (Lipinski definition) is 3. The highest BCUT2D eigenvalue weighted by molar-refractivity contribution is 5.58. The van der Waals surface area contributed by atoms with Gasteiger partial charge in [0.1, 0.15) is 5.82 Å². The van der Waals surface area contributed by atoms with Crippen molar-refractivity contribution < 1.29 is 0 Å². The maximum Gasteiger partial charge on any atom is 0.251 e. The molecule has 4 nitrogen and oxygen atoms in total. The zero-order valence-electron chi connectivity index (χ0n) is 9.97. The third-order valence-corrected chi connectivity index (χ3v) is 3.28. The van der Waals surface area contributed by atoms with Crippen LogP contribution in [0.15, 0.2) is 41.2 Å². The maximum absolute atomic E-state index is 11.7. The molecular formula is C14H15N3O. The second-order valence-corrected chi connectivity index (χ2v) is 4.75. The van der Waals surface area contributed by atoms with E-state index >= 15 is 0 Å². The first-order valence-corrected chi connectivity index (χ1v) is 6.16. The van der Waals surface area contributed by atoms with Gasteiger partial charge >= 0.3 is 0 Å². The van der Waals surface area contributed by atoms with Crippen molar-refractivity contribution in [1.82, 2.24) is 9.97 Å². The zero-order valence-corrected chi connectivity index (χ0v) is 9.97. The van der Waals surface area contributed by atoms with Crippen LogP contribution in [-0.2, 0) is 0 Å². The number of rotatable bonds is 3. The van der Waals surface area contributed by atoms with Crippen LogP contribution in [0.3, 0.4) is 0 Å². The Balaban J connectivity index is 2.03. The Hall–Kier alpha value is -1.94. The molecule has 1 aromatic carbocycles. The van der Waals surface area contributed by atoms with Crippen molar-refractivity contribution in [2.45, 2.75) is 18.9 Å². The summed E-state index contributed by atoms with van der Waals surface area (Å²) in [6.07, 6.45) is 2.25. The largest absolute Gasteiger partial charge is 0.321 e. The van der Waals surface area contributed by atoms with Crippen molar-refractivity contribution in [3.05, 3.63) is 52.6 Å². The number of hydrogen-bond donors (Lipinski definition) is 2. The van der Waals surface area contributed by atoms with Crippen LogP contribution in [-0.4, -0.2) is 9.97 Å². The van der Waals surface area contributed by atoms with Crippen LogP contribution in [0.4, 0.5) is 0 Å². The molecule has 0 amide bonds. The lowest BCUT2D eigenvalue weighted by Gasteiger charge is -2.10. The van der Waals surface area contributed by atoms with E-state index in [9.17, 15) is 4.79 Å². The standard InChI is InChI=1S/C14H15N3O/c15-13(10-6-7-10)14-16-11(8-12(18)17-14)9-4-2-1-3-5-9/h1-5,8,10,13H,6-7,15H2,(H,16,17,18). The molecule has 1 unspecified atom stereocenters. The summed E-state index contributed by atoms with van der Waals surface area (Å²) in [7, 11) is 0. The Morgan fingerprint density at radius 2 is 2.00 bits per heavy atom. The molecule has 1 aliphatic carbocycles. The van der Waals surface area contributed by atoms with E-state index in [4.69, 9.17) is 5.73 Å². The van der Waals surface area contributed by atoms with Crippen molar-refractivity contribution in [1.29, 1.82) is 0 Å². The number of nitrogens with zero attached hydrogens (tertiary/aromatic N) is 1.